The third-order valence-electron chi connectivity index (χ3n) is 3.97. The number of pyridine rings is 1. The quantitative estimate of drug-likeness (QED) is 0.466. The summed E-state index contributed by atoms with van der Waals surface area (Å²) in [5.74, 6) is 1.82. The molecule has 0 bridgehead atoms. The lowest BCUT2D eigenvalue weighted by atomic mass is 10.1. The average molecular weight is 404 g/mol. The van der Waals surface area contributed by atoms with E-state index in [1.807, 2.05) is 31.2 Å². The number of nitrogens with one attached hydrogen (secondary N) is 3. The number of methoxy groups -OCH3 is 1. The van der Waals surface area contributed by atoms with E-state index in [9.17, 15) is 4.79 Å². The van der Waals surface area contributed by atoms with Crippen molar-refractivity contribution in [3.63, 3.8) is 0 Å². The summed E-state index contributed by atoms with van der Waals surface area (Å²) in [6, 6.07) is 11.1. The lowest BCUT2D eigenvalue weighted by Crippen LogP contribution is -2.39. The molecular weight excluding hydrogens is 378 g/mol. The Morgan fingerprint density at radius 2 is 2.00 bits per heavy atom. The summed E-state index contributed by atoms with van der Waals surface area (Å²) in [6.07, 6.45) is 1.05. The largest absolute Gasteiger partial charge is 0.497 e. The Labute approximate surface area is 170 Å². The van der Waals surface area contributed by atoms with Crippen LogP contribution in [-0.4, -0.2) is 44.1 Å². The first-order valence-corrected chi connectivity index (χ1v) is 9.40. The summed E-state index contributed by atoms with van der Waals surface area (Å²) in [6.45, 7) is 3.00. The topological polar surface area (TPSA) is 87.6 Å². The van der Waals surface area contributed by atoms with Crippen LogP contribution in [0.25, 0.3) is 0 Å². The standard InChI is InChI=1S/C20H26ClN5O2/c1-14-5-4-6-18(25-14)26-19(27)10-12-24-20(22-2)23-11-9-15-7-8-16(28-3)13-17(15)21/h4-8,13H,9-12H2,1-3H3,(H2,22,23,24)(H,25,26,27). The number of halogens is 1. The van der Waals surface area contributed by atoms with E-state index in [4.69, 9.17) is 16.3 Å². The Kier molecular flexibility index (Phi) is 8.55. The number of rotatable bonds is 8. The van der Waals surface area contributed by atoms with Crippen LogP contribution in [0.1, 0.15) is 17.7 Å². The van der Waals surface area contributed by atoms with Crippen molar-refractivity contribution in [2.75, 3.05) is 32.6 Å². The Balaban J connectivity index is 1.70. The number of anilines is 1. The molecule has 28 heavy (non-hydrogen) atoms. The molecule has 0 aliphatic rings. The molecule has 2 aromatic rings. The zero-order chi connectivity index (χ0) is 20.4. The zero-order valence-electron chi connectivity index (χ0n) is 16.4. The van der Waals surface area contributed by atoms with Gasteiger partial charge in [0.25, 0.3) is 0 Å². The fourth-order valence-corrected chi connectivity index (χ4v) is 2.77. The number of aryl methyl sites for hydroxylation is 1. The minimum atomic E-state index is -0.105. The number of nitrogens with zero attached hydrogens (tertiary/aromatic N) is 2. The van der Waals surface area contributed by atoms with Gasteiger partial charge in [-0.15, -0.1) is 0 Å². The molecule has 7 nitrogen and oxygen atoms in total. The molecule has 2 rings (SSSR count). The van der Waals surface area contributed by atoms with Gasteiger partial charge in [0.2, 0.25) is 5.91 Å². The van der Waals surface area contributed by atoms with E-state index in [1.54, 1.807) is 26.3 Å². The van der Waals surface area contributed by atoms with E-state index < -0.39 is 0 Å². The van der Waals surface area contributed by atoms with Crippen LogP contribution in [-0.2, 0) is 11.2 Å². The van der Waals surface area contributed by atoms with Crippen LogP contribution in [0.3, 0.4) is 0 Å². The Bertz CT molecular complexity index is 826. The van der Waals surface area contributed by atoms with Gasteiger partial charge in [0, 0.05) is 37.3 Å². The van der Waals surface area contributed by atoms with E-state index in [1.165, 1.54) is 0 Å². The van der Waals surface area contributed by atoms with Gasteiger partial charge >= 0.3 is 0 Å². The molecule has 0 radical (unpaired) electrons. The van der Waals surface area contributed by atoms with Crippen LogP contribution in [0.5, 0.6) is 5.75 Å². The molecule has 1 aromatic heterocycles. The van der Waals surface area contributed by atoms with Crippen LogP contribution < -0.4 is 20.7 Å². The number of hydrogen-bond acceptors (Lipinski definition) is 4. The van der Waals surface area contributed by atoms with Crippen molar-refractivity contribution in [2.45, 2.75) is 19.8 Å². The second-order valence-electron chi connectivity index (χ2n) is 6.10. The summed E-state index contributed by atoms with van der Waals surface area (Å²) >= 11 is 6.25. The molecule has 1 amide bonds. The molecule has 3 N–H and O–H groups in total. The van der Waals surface area contributed by atoms with Crippen molar-refractivity contribution in [3.05, 3.63) is 52.7 Å². The van der Waals surface area contributed by atoms with Crippen molar-refractivity contribution in [3.8, 4) is 5.75 Å². The van der Waals surface area contributed by atoms with Gasteiger partial charge in [0.15, 0.2) is 5.96 Å². The van der Waals surface area contributed by atoms with Crippen LogP contribution in [0, 0.1) is 6.92 Å². The van der Waals surface area contributed by atoms with Crippen molar-refractivity contribution >= 4 is 29.3 Å². The highest BCUT2D eigenvalue weighted by Crippen LogP contribution is 2.22. The van der Waals surface area contributed by atoms with Crippen molar-refractivity contribution in [1.82, 2.24) is 15.6 Å². The van der Waals surface area contributed by atoms with Gasteiger partial charge in [-0.05, 0) is 43.2 Å². The average Bonchev–Trinajstić information content (AvgIpc) is 2.67. The van der Waals surface area contributed by atoms with Gasteiger partial charge in [0.1, 0.15) is 11.6 Å². The number of aliphatic imine (C=N–C) groups is 1. The summed E-state index contributed by atoms with van der Waals surface area (Å²) in [5, 5.41) is 9.78. The minimum absolute atomic E-state index is 0.105. The first-order chi connectivity index (χ1) is 13.5. The lowest BCUT2D eigenvalue weighted by molar-refractivity contribution is -0.116. The van der Waals surface area contributed by atoms with Crippen molar-refractivity contribution < 1.29 is 9.53 Å². The van der Waals surface area contributed by atoms with Gasteiger partial charge in [-0.25, -0.2) is 4.98 Å². The van der Waals surface area contributed by atoms with Crippen LogP contribution >= 0.6 is 11.6 Å². The number of ether oxygens (including phenoxy) is 1. The molecule has 0 atom stereocenters. The summed E-state index contributed by atoms with van der Waals surface area (Å²) in [4.78, 5) is 20.4. The summed E-state index contributed by atoms with van der Waals surface area (Å²) < 4.78 is 5.15. The second kappa shape index (κ2) is 11.1. The van der Waals surface area contributed by atoms with Gasteiger partial charge in [0.05, 0.1) is 7.11 Å². The van der Waals surface area contributed by atoms with Crippen LogP contribution in [0.15, 0.2) is 41.4 Å². The predicted octanol–water partition coefficient (Wildman–Crippen LogP) is 2.79. The molecule has 1 heterocycles. The Hall–Kier alpha value is -2.80. The molecule has 150 valence electrons. The first-order valence-electron chi connectivity index (χ1n) is 9.02. The highest BCUT2D eigenvalue weighted by molar-refractivity contribution is 6.31. The van der Waals surface area contributed by atoms with Gasteiger partial charge in [-0.3, -0.25) is 9.79 Å². The molecular formula is C20H26ClN5O2. The fourth-order valence-electron chi connectivity index (χ4n) is 2.51. The van der Waals surface area contributed by atoms with Crippen LogP contribution in [0.4, 0.5) is 5.82 Å². The van der Waals surface area contributed by atoms with Gasteiger partial charge < -0.3 is 20.7 Å². The second-order valence-corrected chi connectivity index (χ2v) is 6.50. The number of guanidine groups is 1. The molecule has 8 heteroatoms. The number of hydrogen-bond donors (Lipinski definition) is 3. The number of aromatic nitrogens is 1. The molecule has 1 aromatic carbocycles. The highest BCUT2D eigenvalue weighted by atomic mass is 35.5. The summed E-state index contributed by atoms with van der Waals surface area (Å²) in [5.41, 5.74) is 1.88. The molecule has 0 aliphatic carbocycles. The highest BCUT2D eigenvalue weighted by Gasteiger charge is 2.06. The van der Waals surface area contributed by atoms with E-state index in [2.05, 4.69) is 25.9 Å². The monoisotopic (exact) mass is 403 g/mol. The third kappa shape index (κ3) is 7.08. The molecule has 0 spiro atoms. The lowest BCUT2D eigenvalue weighted by Gasteiger charge is -2.12. The minimum Gasteiger partial charge on any atom is -0.497 e. The molecule has 0 fully saturated rings. The number of benzene rings is 1. The Morgan fingerprint density at radius 1 is 1.21 bits per heavy atom. The molecule has 0 unspecified atom stereocenters. The third-order valence-corrected chi connectivity index (χ3v) is 4.32. The number of carbonyl (C=O) groups excluding carboxylic acids is 1. The summed E-state index contributed by atoms with van der Waals surface area (Å²) in [7, 11) is 3.30. The maximum absolute atomic E-state index is 12.0. The fraction of sp³-hybridized carbons (Fsp3) is 0.350. The molecule has 0 aliphatic heterocycles. The number of amides is 1. The zero-order valence-corrected chi connectivity index (χ0v) is 17.1. The van der Waals surface area contributed by atoms with Gasteiger partial charge in [-0.1, -0.05) is 23.7 Å². The van der Waals surface area contributed by atoms with Crippen molar-refractivity contribution in [1.29, 1.82) is 0 Å². The molecule has 0 saturated heterocycles. The van der Waals surface area contributed by atoms with E-state index >= 15 is 0 Å². The smallest absolute Gasteiger partial charge is 0.227 e. The molecule has 0 saturated carbocycles. The normalized spacial score (nSPS) is 11.1. The SMILES string of the molecule is CN=C(NCCC(=O)Nc1cccc(C)n1)NCCc1ccc(OC)cc1Cl. The van der Waals surface area contributed by atoms with E-state index in [0.717, 1.165) is 23.4 Å². The van der Waals surface area contributed by atoms with E-state index in [-0.39, 0.29) is 5.91 Å². The first kappa shape index (κ1) is 21.5. The van der Waals surface area contributed by atoms with Crippen molar-refractivity contribution in [2.24, 2.45) is 4.99 Å². The van der Waals surface area contributed by atoms with Crippen LogP contribution in [0.2, 0.25) is 5.02 Å². The number of carbonyl (C=O) groups is 1. The van der Waals surface area contributed by atoms with Gasteiger partial charge in [-0.2, -0.15) is 0 Å². The maximum Gasteiger partial charge on any atom is 0.227 e. The Morgan fingerprint density at radius 3 is 2.68 bits per heavy atom. The predicted molar refractivity (Wildman–Crippen MR) is 113 cm³/mol. The maximum atomic E-state index is 12.0. The van der Waals surface area contributed by atoms with E-state index in [0.29, 0.717) is 36.3 Å².